The summed E-state index contributed by atoms with van der Waals surface area (Å²) in [7, 11) is 4.95. The van der Waals surface area contributed by atoms with E-state index in [1.807, 2.05) is 52.9 Å². The first-order chi connectivity index (χ1) is 19.4. The molecule has 1 aliphatic carbocycles. The van der Waals surface area contributed by atoms with Crippen molar-refractivity contribution in [2.75, 3.05) is 21.3 Å². The average molecular weight is 583 g/mol. The van der Waals surface area contributed by atoms with Crippen molar-refractivity contribution in [1.82, 2.24) is 20.6 Å². The van der Waals surface area contributed by atoms with Gasteiger partial charge in [0.1, 0.15) is 11.5 Å². The number of aliphatic imine (C=N–C) groups is 1. The van der Waals surface area contributed by atoms with Gasteiger partial charge in [-0.05, 0) is 31.4 Å². The molecule has 4 rings (SSSR count). The molecule has 212 valence electrons. The number of hydrogen-bond acceptors (Lipinski definition) is 10. The number of carbonyl (C=O) groups is 2. The predicted molar refractivity (Wildman–Crippen MR) is 161 cm³/mol. The summed E-state index contributed by atoms with van der Waals surface area (Å²) in [6, 6.07) is 15.1. The Morgan fingerprint density at radius 1 is 1.07 bits per heavy atom. The zero-order chi connectivity index (χ0) is 28.5. The van der Waals surface area contributed by atoms with E-state index >= 15 is 0 Å². The molecule has 3 N–H and O–H groups in total. The van der Waals surface area contributed by atoms with Gasteiger partial charge in [0, 0.05) is 42.1 Å². The van der Waals surface area contributed by atoms with Crippen molar-refractivity contribution in [3.63, 3.8) is 0 Å². The number of nitrogens with one attached hydrogen (secondary N) is 3. The molecule has 0 saturated heterocycles. The number of methoxy groups -OCH3 is 2. The highest BCUT2D eigenvalue weighted by Crippen LogP contribution is 2.37. The predicted octanol–water partition coefficient (Wildman–Crippen LogP) is 3.86. The van der Waals surface area contributed by atoms with Gasteiger partial charge in [-0.2, -0.15) is 0 Å². The molecule has 0 spiro atoms. The highest BCUT2D eigenvalue weighted by atomic mass is 32.2. The first-order valence-corrected chi connectivity index (χ1v) is 14.5. The zero-order valence-electron chi connectivity index (χ0n) is 22.8. The number of hydrogen-bond donors (Lipinski definition) is 3. The number of para-hydroxylation sites is 2. The van der Waals surface area contributed by atoms with Crippen molar-refractivity contribution in [3.8, 4) is 11.5 Å². The summed E-state index contributed by atoms with van der Waals surface area (Å²) in [5, 5.41) is 12.0. The largest absolute Gasteiger partial charge is 0.496 e. The van der Waals surface area contributed by atoms with Crippen LogP contribution in [0.15, 0.2) is 70.2 Å². The van der Waals surface area contributed by atoms with E-state index in [9.17, 15) is 9.59 Å². The number of benzene rings is 2. The van der Waals surface area contributed by atoms with Crippen LogP contribution in [0.25, 0.3) is 0 Å². The van der Waals surface area contributed by atoms with Crippen LogP contribution in [0.1, 0.15) is 30.4 Å². The second-order valence-electron chi connectivity index (χ2n) is 9.26. The number of hydrazine groups is 1. The minimum atomic E-state index is -0.160. The summed E-state index contributed by atoms with van der Waals surface area (Å²) in [6.45, 7) is 4.04. The Morgan fingerprint density at radius 3 is 2.33 bits per heavy atom. The van der Waals surface area contributed by atoms with E-state index in [0.717, 1.165) is 35.4 Å². The number of nitrogens with zero attached hydrogens (tertiary/aromatic N) is 3. The second-order valence-corrected chi connectivity index (χ2v) is 11.3. The van der Waals surface area contributed by atoms with Gasteiger partial charge in [0.15, 0.2) is 0 Å². The van der Waals surface area contributed by atoms with Gasteiger partial charge < -0.3 is 20.1 Å². The van der Waals surface area contributed by atoms with Crippen LogP contribution >= 0.6 is 23.7 Å². The Hall–Kier alpha value is -3.48. The normalized spacial score (nSPS) is 19.0. The summed E-state index contributed by atoms with van der Waals surface area (Å²) in [5.41, 5.74) is 4.66. The summed E-state index contributed by atoms with van der Waals surface area (Å²) in [4.78, 5) is 29.7. The molecule has 0 bridgehead atoms. The lowest BCUT2D eigenvalue weighted by molar-refractivity contribution is -0.120. The molecule has 1 unspecified atom stereocenters. The molecular weight excluding hydrogens is 548 g/mol. The topological polar surface area (TPSA) is 117 Å². The van der Waals surface area contributed by atoms with Gasteiger partial charge in [-0.25, -0.2) is 5.53 Å². The Balaban J connectivity index is 1.22. The Labute approximate surface area is 243 Å². The molecule has 2 aliphatic rings. The number of amidine groups is 1. The van der Waals surface area contributed by atoms with Crippen molar-refractivity contribution in [1.29, 1.82) is 0 Å². The van der Waals surface area contributed by atoms with E-state index in [1.54, 1.807) is 21.3 Å². The maximum atomic E-state index is 12.6. The average Bonchev–Trinajstić information content (AvgIpc) is 3.62. The zero-order valence-corrected chi connectivity index (χ0v) is 24.4. The number of amides is 2. The lowest BCUT2D eigenvalue weighted by Crippen LogP contribution is -2.34. The Kier molecular flexibility index (Phi) is 10.5. The monoisotopic (exact) mass is 582 g/mol. The number of hydrazone groups is 1. The molecule has 2 aromatic carbocycles. The van der Waals surface area contributed by atoms with Crippen molar-refractivity contribution in [2.24, 2.45) is 16.0 Å². The van der Waals surface area contributed by atoms with Crippen LogP contribution in [-0.2, 0) is 22.4 Å². The van der Waals surface area contributed by atoms with Crippen LogP contribution in [0, 0.1) is 5.92 Å². The van der Waals surface area contributed by atoms with Crippen LogP contribution < -0.4 is 25.6 Å². The van der Waals surface area contributed by atoms with Gasteiger partial charge in [-0.15, -0.1) is 9.52 Å². The quantitative estimate of drug-likeness (QED) is 0.220. The molecule has 2 amide bonds. The third-order valence-electron chi connectivity index (χ3n) is 6.58. The van der Waals surface area contributed by atoms with E-state index < -0.39 is 0 Å². The molecule has 2 aromatic rings. The standard InChI is InChI=1S/C28H34N6O4S2/c1-18(30-25(35)16-19-9-5-7-11-23(19)37-3)39-27(29-2)21-13-14-22(15-21)34-33-32-28(40-34)31-26(36)17-20-10-6-8-12-24(20)38-4/h5-12,21-22,33H,1,13-17H2,2-4H3,(H,30,35)(H,31,32,36)/b29-27-/t21?,22-/m0/s1. The summed E-state index contributed by atoms with van der Waals surface area (Å²) < 4.78 is 12.6. The summed E-state index contributed by atoms with van der Waals surface area (Å²) in [6.07, 6.45) is 3.14. The molecule has 0 radical (unpaired) electrons. The highest BCUT2D eigenvalue weighted by Gasteiger charge is 2.36. The van der Waals surface area contributed by atoms with E-state index in [1.165, 1.54) is 23.7 Å². The Morgan fingerprint density at radius 2 is 1.70 bits per heavy atom. The fourth-order valence-corrected chi connectivity index (χ4v) is 6.44. The molecule has 12 heteroatoms. The van der Waals surface area contributed by atoms with Crippen molar-refractivity contribution >= 4 is 45.7 Å². The van der Waals surface area contributed by atoms with Crippen LogP contribution in [0.3, 0.4) is 0 Å². The molecular formula is C28H34N6O4S2. The summed E-state index contributed by atoms with van der Waals surface area (Å²) >= 11 is 2.78. The SMILES string of the molecule is C=C(NC(=O)Cc1ccccc1OC)S/C(=N\C)C1CC[C@H](N2NN=C(NC(=O)Cc3ccccc3OC)S2)C1. The first kappa shape index (κ1) is 29.5. The van der Waals surface area contributed by atoms with E-state index in [0.29, 0.717) is 21.7 Å². The number of rotatable bonds is 10. The van der Waals surface area contributed by atoms with Crippen LogP contribution in [-0.4, -0.2) is 53.7 Å². The fraction of sp³-hybridized carbons (Fsp3) is 0.357. The molecule has 10 nitrogen and oxygen atoms in total. The minimum Gasteiger partial charge on any atom is -0.496 e. The maximum Gasteiger partial charge on any atom is 0.230 e. The first-order valence-electron chi connectivity index (χ1n) is 12.9. The third kappa shape index (κ3) is 7.80. The Bertz CT molecular complexity index is 1300. The number of ether oxygens (including phenoxy) is 2. The van der Waals surface area contributed by atoms with Crippen LogP contribution in [0.4, 0.5) is 0 Å². The minimum absolute atomic E-state index is 0.156. The summed E-state index contributed by atoms with van der Waals surface area (Å²) in [5.74, 6) is 1.28. The molecule has 40 heavy (non-hydrogen) atoms. The van der Waals surface area contributed by atoms with Crippen molar-refractivity contribution < 1.29 is 19.1 Å². The van der Waals surface area contributed by atoms with Gasteiger partial charge in [0.05, 0.1) is 37.1 Å². The van der Waals surface area contributed by atoms with Gasteiger partial charge >= 0.3 is 0 Å². The third-order valence-corrected chi connectivity index (χ3v) is 8.60. The van der Waals surface area contributed by atoms with E-state index in [-0.39, 0.29) is 36.6 Å². The van der Waals surface area contributed by atoms with Gasteiger partial charge in [-0.1, -0.05) is 54.7 Å². The molecule has 1 aliphatic heterocycles. The van der Waals surface area contributed by atoms with E-state index in [4.69, 9.17) is 9.47 Å². The van der Waals surface area contributed by atoms with Gasteiger partial charge in [0.25, 0.3) is 0 Å². The smallest absolute Gasteiger partial charge is 0.230 e. The highest BCUT2D eigenvalue weighted by molar-refractivity contribution is 8.17. The number of thioether (sulfide) groups is 1. The van der Waals surface area contributed by atoms with Crippen molar-refractivity contribution in [3.05, 3.63) is 71.3 Å². The molecule has 1 fully saturated rings. The number of carbonyl (C=O) groups excluding carboxylic acids is 2. The van der Waals surface area contributed by atoms with Crippen LogP contribution in [0.5, 0.6) is 11.5 Å². The molecule has 2 atom stereocenters. The van der Waals surface area contributed by atoms with Gasteiger partial charge in [-0.3, -0.25) is 14.6 Å². The fourth-order valence-electron chi connectivity index (χ4n) is 4.70. The molecule has 1 saturated carbocycles. The van der Waals surface area contributed by atoms with E-state index in [2.05, 4.69) is 32.8 Å². The molecule has 0 aromatic heterocycles. The van der Waals surface area contributed by atoms with Crippen molar-refractivity contribution in [2.45, 2.75) is 38.1 Å². The molecule has 1 heterocycles. The second kappa shape index (κ2) is 14.2. The van der Waals surface area contributed by atoms with Gasteiger partial charge in [0.2, 0.25) is 17.0 Å². The lowest BCUT2D eigenvalue weighted by atomic mass is 10.1. The maximum absolute atomic E-state index is 12.6. The lowest BCUT2D eigenvalue weighted by Gasteiger charge is -2.21. The van der Waals surface area contributed by atoms with Crippen LogP contribution in [0.2, 0.25) is 0 Å².